The van der Waals surface area contributed by atoms with Gasteiger partial charge in [-0.1, -0.05) is 0 Å². The lowest BCUT2D eigenvalue weighted by atomic mass is 10.2. The summed E-state index contributed by atoms with van der Waals surface area (Å²) in [5, 5.41) is 19.4. The first kappa shape index (κ1) is 10.3. The van der Waals surface area contributed by atoms with Gasteiger partial charge in [-0.05, 0) is 24.8 Å². The van der Waals surface area contributed by atoms with E-state index in [-0.39, 0.29) is 5.92 Å². The molecular formula is C9H8N2O5. The van der Waals surface area contributed by atoms with Gasteiger partial charge in [0, 0.05) is 11.8 Å². The largest absolute Gasteiger partial charge is 0.464 e. The van der Waals surface area contributed by atoms with E-state index in [0.717, 1.165) is 18.9 Å². The summed E-state index contributed by atoms with van der Waals surface area (Å²) < 4.78 is 0.468. The zero-order valence-electron chi connectivity index (χ0n) is 8.12. The third-order valence-electron chi connectivity index (χ3n) is 2.48. The Labute approximate surface area is 89.1 Å². The number of hydrogen-bond donors (Lipinski definition) is 1. The number of nitro groups is 1. The highest BCUT2D eigenvalue weighted by Crippen LogP contribution is 2.39. The highest BCUT2D eigenvalue weighted by Gasteiger charge is 2.31. The van der Waals surface area contributed by atoms with Gasteiger partial charge in [0.2, 0.25) is 0 Å². The molecule has 1 N–H and O–H groups in total. The second-order valence-corrected chi connectivity index (χ2v) is 3.60. The van der Waals surface area contributed by atoms with Crippen LogP contribution in [0.15, 0.2) is 16.9 Å². The summed E-state index contributed by atoms with van der Waals surface area (Å²) in [5.74, 6) is 0.0320. The third kappa shape index (κ3) is 1.56. The second-order valence-electron chi connectivity index (χ2n) is 3.60. The van der Waals surface area contributed by atoms with E-state index in [4.69, 9.17) is 5.11 Å². The maximum Gasteiger partial charge on any atom is 0.418 e. The van der Waals surface area contributed by atoms with E-state index in [9.17, 15) is 19.7 Å². The standard InChI is InChI=1S/C9H8N2O5/c12-8-7(11(15)16)4-3-6(5-1-2-5)10(8)9(13)14/h3-5H,1-2H2,(H,13,14). The number of rotatable bonds is 2. The van der Waals surface area contributed by atoms with E-state index in [1.54, 1.807) is 0 Å². The topological polar surface area (TPSA) is 102 Å². The van der Waals surface area contributed by atoms with Crippen LogP contribution in [0.1, 0.15) is 24.5 Å². The molecule has 0 amide bonds. The van der Waals surface area contributed by atoms with Crippen LogP contribution in [0.25, 0.3) is 0 Å². The minimum absolute atomic E-state index is 0.0320. The Bertz CT molecular complexity index is 529. The zero-order chi connectivity index (χ0) is 11.9. The molecule has 0 bridgehead atoms. The molecule has 1 aliphatic carbocycles. The SMILES string of the molecule is O=C(O)n1c(C2CC2)ccc([N+](=O)[O-])c1=O. The van der Waals surface area contributed by atoms with Crippen LogP contribution >= 0.6 is 0 Å². The van der Waals surface area contributed by atoms with Gasteiger partial charge < -0.3 is 5.11 Å². The maximum atomic E-state index is 11.5. The van der Waals surface area contributed by atoms with Crippen molar-refractivity contribution in [3.8, 4) is 0 Å². The first-order valence-corrected chi connectivity index (χ1v) is 4.66. The van der Waals surface area contributed by atoms with Crippen LogP contribution in [-0.2, 0) is 0 Å². The van der Waals surface area contributed by atoms with E-state index in [1.165, 1.54) is 6.07 Å². The molecule has 16 heavy (non-hydrogen) atoms. The number of hydrogen-bond acceptors (Lipinski definition) is 4. The average molecular weight is 224 g/mol. The number of nitrogens with zero attached hydrogens (tertiary/aromatic N) is 2. The van der Waals surface area contributed by atoms with Crippen molar-refractivity contribution in [3.05, 3.63) is 38.3 Å². The Hall–Kier alpha value is -2.18. The summed E-state index contributed by atoms with van der Waals surface area (Å²) in [7, 11) is 0. The highest BCUT2D eigenvalue weighted by molar-refractivity contribution is 5.70. The van der Waals surface area contributed by atoms with Crippen LogP contribution in [-0.4, -0.2) is 20.7 Å². The molecule has 0 radical (unpaired) electrons. The van der Waals surface area contributed by atoms with Crippen LogP contribution < -0.4 is 5.56 Å². The van der Waals surface area contributed by atoms with Crippen LogP contribution in [0.3, 0.4) is 0 Å². The van der Waals surface area contributed by atoms with Crippen molar-refractivity contribution in [2.24, 2.45) is 0 Å². The van der Waals surface area contributed by atoms with Crippen molar-refractivity contribution >= 4 is 11.8 Å². The molecule has 0 atom stereocenters. The van der Waals surface area contributed by atoms with Gasteiger partial charge in [0.15, 0.2) is 0 Å². The minimum atomic E-state index is -1.48. The Balaban J connectivity index is 2.67. The van der Waals surface area contributed by atoms with Crippen molar-refractivity contribution in [3.63, 3.8) is 0 Å². The maximum absolute atomic E-state index is 11.5. The van der Waals surface area contributed by atoms with Crippen molar-refractivity contribution in [1.29, 1.82) is 0 Å². The second kappa shape index (κ2) is 3.44. The number of carbonyl (C=O) groups is 1. The summed E-state index contributed by atoms with van der Waals surface area (Å²) in [5.41, 5.74) is -1.46. The van der Waals surface area contributed by atoms with Crippen LogP contribution in [0, 0.1) is 10.1 Å². The molecule has 0 aliphatic heterocycles. The lowest BCUT2D eigenvalue weighted by Crippen LogP contribution is -2.30. The molecule has 1 aliphatic rings. The minimum Gasteiger partial charge on any atom is -0.464 e. The predicted octanol–water partition coefficient (Wildman–Crippen LogP) is 1.16. The van der Waals surface area contributed by atoms with E-state index < -0.39 is 22.3 Å². The first-order valence-electron chi connectivity index (χ1n) is 4.66. The molecule has 0 aromatic carbocycles. The van der Waals surface area contributed by atoms with Crippen molar-refractivity contribution in [2.75, 3.05) is 0 Å². The molecular weight excluding hydrogens is 216 g/mol. The van der Waals surface area contributed by atoms with E-state index >= 15 is 0 Å². The molecule has 7 heteroatoms. The molecule has 1 aromatic heterocycles. The molecule has 1 heterocycles. The lowest BCUT2D eigenvalue weighted by molar-refractivity contribution is -0.386. The third-order valence-corrected chi connectivity index (χ3v) is 2.48. The summed E-state index contributed by atoms with van der Waals surface area (Å²) in [6.45, 7) is 0. The van der Waals surface area contributed by atoms with Gasteiger partial charge in [-0.2, -0.15) is 0 Å². The Morgan fingerprint density at radius 1 is 1.50 bits per heavy atom. The van der Waals surface area contributed by atoms with Gasteiger partial charge in [0.05, 0.1) is 4.92 Å². The van der Waals surface area contributed by atoms with E-state index in [2.05, 4.69) is 0 Å². The van der Waals surface area contributed by atoms with Crippen LogP contribution in [0.5, 0.6) is 0 Å². The van der Waals surface area contributed by atoms with Crippen LogP contribution in [0.4, 0.5) is 10.5 Å². The molecule has 1 saturated carbocycles. The molecule has 0 spiro atoms. The van der Waals surface area contributed by atoms with Gasteiger partial charge in [-0.15, -0.1) is 0 Å². The lowest BCUT2D eigenvalue weighted by Gasteiger charge is -2.06. The highest BCUT2D eigenvalue weighted by atomic mass is 16.6. The number of aromatic nitrogens is 1. The normalized spacial score (nSPS) is 14.8. The number of carboxylic acid groups (broad SMARTS) is 1. The zero-order valence-corrected chi connectivity index (χ0v) is 8.12. The number of pyridine rings is 1. The molecule has 1 aromatic rings. The summed E-state index contributed by atoms with van der Waals surface area (Å²) in [4.78, 5) is 32.1. The molecule has 84 valence electrons. The summed E-state index contributed by atoms with van der Waals surface area (Å²) >= 11 is 0. The monoisotopic (exact) mass is 224 g/mol. The molecule has 1 fully saturated rings. The van der Waals surface area contributed by atoms with E-state index in [1.807, 2.05) is 0 Å². The molecule has 2 rings (SSSR count). The fourth-order valence-corrected chi connectivity index (χ4v) is 1.58. The fourth-order valence-electron chi connectivity index (χ4n) is 1.58. The molecule has 0 saturated heterocycles. The summed E-state index contributed by atoms with van der Waals surface area (Å²) in [6, 6.07) is 2.40. The van der Waals surface area contributed by atoms with Crippen LogP contribution in [0.2, 0.25) is 0 Å². The van der Waals surface area contributed by atoms with Gasteiger partial charge >= 0.3 is 17.3 Å². The van der Waals surface area contributed by atoms with Gasteiger partial charge in [0.1, 0.15) is 0 Å². The Morgan fingerprint density at radius 2 is 2.12 bits per heavy atom. The van der Waals surface area contributed by atoms with Gasteiger partial charge in [-0.3, -0.25) is 14.9 Å². The fraction of sp³-hybridized carbons (Fsp3) is 0.333. The average Bonchev–Trinajstić information content (AvgIpc) is 2.98. The first-order chi connectivity index (χ1) is 7.52. The molecule has 7 nitrogen and oxygen atoms in total. The van der Waals surface area contributed by atoms with Crippen molar-refractivity contribution in [2.45, 2.75) is 18.8 Å². The van der Waals surface area contributed by atoms with Crippen molar-refractivity contribution in [1.82, 2.24) is 4.57 Å². The molecule has 0 unspecified atom stereocenters. The Morgan fingerprint density at radius 3 is 2.56 bits per heavy atom. The van der Waals surface area contributed by atoms with Crippen molar-refractivity contribution < 1.29 is 14.8 Å². The quantitative estimate of drug-likeness (QED) is 0.599. The predicted molar refractivity (Wildman–Crippen MR) is 52.8 cm³/mol. The Kier molecular flexibility index (Phi) is 2.22. The van der Waals surface area contributed by atoms with E-state index in [0.29, 0.717) is 10.3 Å². The smallest absolute Gasteiger partial charge is 0.418 e. The van der Waals surface area contributed by atoms with Gasteiger partial charge in [0.25, 0.3) is 0 Å². The summed E-state index contributed by atoms with van der Waals surface area (Å²) in [6.07, 6.45) is 0.144. The van der Waals surface area contributed by atoms with Gasteiger partial charge in [-0.25, -0.2) is 9.36 Å².